The first kappa shape index (κ1) is 29.0. The van der Waals surface area contributed by atoms with Crippen molar-refractivity contribution < 1.29 is 19.2 Å². The summed E-state index contributed by atoms with van der Waals surface area (Å²) < 4.78 is 0. The molecule has 2 fully saturated rings. The molecule has 2 saturated carbocycles. The lowest BCUT2D eigenvalue weighted by Gasteiger charge is -2.47. The second kappa shape index (κ2) is 12.1. The zero-order chi connectivity index (χ0) is 29.1. The number of nitrogens with one attached hydrogen (secondary N) is 3. The lowest BCUT2D eigenvalue weighted by molar-refractivity contribution is -0.124. The molecule has 3 amide bonds. The van der Waals surface area contributed by atoms with Gasteiger partial charge in [0.1, 0.15) is 12.3 Å². The molecule has 3 aliphatic rings. The molecule has 1 aliphatic heterocycles. The highest BCUT2D eigenvalue weighted by Gasteiger charge is 2.44. The summed E-state index contributed by atoms with van der Waals surface area (Å²) in [5.41, 5.74) is 3.57. The molecule has 3 N–H and O–H groups in total. The van der Waals surface area contributed by atoms with Crippen molar-refractivity contribution in [3.05, 3.63) is 64.7 Å². The third-order valence-corrected chi connectivity index (χ3v) is 9.21. The highest BCUT2D eigenvalue weighted by atomic mass is 16.2. The molecule has 8 nitrogen and oxygen atoms in total. The molecule has 0 spiro atoms. The van der Waals surface area contributed by atoms with E-state index in [2.05, 4.69) is 54.1 Å². The van der Waals surface area contributed by atoms with Crippen molar-refractivity contribution in [3.8, 4) is 0 Å². The first-order valence-electron chi connectivity index (χ1n) is 14.9. The van der Waals surface area contributed by atoms with Crippen LogP contribution in [0, 0.1) is 17.8 Å². The smallest absolute Gasteiger partial charge is 0.264 e. The van der Waals surface area contributed by atoms with E-state index in [4.69, 9.17) is 0 Å². The fourth-order valence-electron chi connectivity index (χ4n) is 7.52. The van der Waals surface area contributed by atoms with Gasteiger partial charge in [0.15, 0.2) is 0 Å². The number of carbonyl (C=O) groups is 4. The number of fused-ring (bicyclic) bond motifs is 3. The predicted octanol–water partition coefficient (Wildman–Crippen LogP) is 4.68. The molecule has 41 heavy (non-hydrogen) atoms. The number of benzene rings is 2. The van der Waals surface area contributed by atoms with E-state index in [-0.39, 0.29) is 29.5 Å². The van der Waals surface area contributed by atoms with Crippen molar-refractivity contribution in [2.75, 3.05) is 12.4 Å². The van der Waals surface area contributed by atoms with E-state index in [9.17, 15) is 19.2 Å². The Hall–Kier alpha value is -3.52. The minimum atomic E-state index is -1.04. The van der Waals surface area contributed by atoms with E-state index in [1.54, 1.807) is 18.2 Å². The molecule has 2 aromatic rings. The van der Waals surface area contributed by atoms with Crippen molar-refractivity contribution >= 4 is 29.7 Å². The van der Waals surface area contributed by atoms with Gasteiger partial charge in [0.05, 0.1) is 11.1 Å². The van der Waals surface area contributed by atoms with E-state index in [0.717, 1.165) is 34.8 Å². The number of nitrogens with zero attached hydrogens (tertiary/aromatic N) is 1. The van der Waals surface area contributed by atoms with Crippen LogP contribution in [0.3, 0.4) is 0 Å². The van der Waals surface area contributed by atoms with Crippen molar-refractivity contribution in [3.63, 3.8) is 0 Å². The van der Waals surface area contributed by atoms with Gasteiger partial charge in [-0.25, -0.2) is 0 Å². The van der Waals surface area contributed by atoms with E-state index in [0.29, 0.717) is 18.5 Å². The Morgan fingerprint density at radius 3 is 2.29 bits per heavy atom. The van der Waals surface area contributed by atoms with Gasteiger partial charge in [-0.15, -0.1) is 0 Å². The third-order valence-electron chi connectivity index (χ3n) is 9.21. The van der Waals surface area contributed by atoms with Gasteiger partial charge in [0, 0.05) is 37.8 Å². The van der Waals surface area contributed by atoms with E-state index in [1.165, 1.54) is 44.7 Å². The summed E-state index contributed by atoms with van der Waals surface area (Å²) in [6.07, 6.45) is 7.50. The number of amides is 3. The molecule has 1 heterocycles. The van der Waals surface area contributed by atoms with Crippen molar-refractivity contribution in [1.82, 2.24) is 15.5 Å². The van der Waals surface area contributed by atoms with Crippen LogP contribution >= 0.6 is 0 Å². The number of hydrogen-bond acceptors (Lipinski definition) is 6. The molecule has 3 unspecified atom stereocenters. The van der Waals surface area contributed by atoms with Crippen molar-refractivity contribution in [1.29, 1.82) is 0 Å². The van der Waals surface area contributed by atoms with Crippen LogP contribution in [0.4, 0.5) is 5.69 Å². The van der Waals surface area contributed by atoms with E-state index in [1.807, 2.05) is 0 Å². The van der Waals surface area contributed by atoms with Crippen LogP contribution in [-0.4, -0.2) is 47.5 Å². The average molecular weight is 559 g/mol. The first-order valence-corrected chi connectivity index (χ1v) is 14.9. The Bertz CT molecular complexity index is 1290. The van der Waals surface area contributed by atoms with Crippen LogP contribution in [0.1, 0.15) is 90.6 Å². The van der Waals surface area contributed by atoms with Gasteiger partial charge in [0.25, 0.3) is 11.8 Å². The SMILES string of the molecule is CNC(=O)C(CCC=O)N1C(=O)c2cccc(NCc3ccc(CNC4(C)CC5CC(C)CC(C5)C4)cc3)c2C1=O. The van der Waals surface area contributed by atoms with Gasteiger partial charge in [-0.05, 0) is 86.5 Å². The zero-order valence-corrected chi connectivity index (χ0v) is 24.4. The van der Waals surface area contributed by atoms with Crippen LogP contribution in [0.2, 0.25) is 0 Å². The topological polar surface area (TPSA) is 108 Å². The monoisotopic (exact) mass is 558 g/mol. The Morgan fingerprint density at radius 2 is 1.66 bits per heavy atom. The van der Waals surface area contributed by atoms with Gasteiger partial charge in [0.2, 0.25) is 5.91 Å². The molecule has 2 aliphatic carbocycles. The quantitative estimate of drug-likeness (QED) is 0.273. The number of imide groups is 1. The Morgan fingerprint density at radius 1 is 1.00 bits per heavy atom. The summed E-state index contributed by atoms with van der Waals surface area (Å²) in [5, 5.41) is 9.70. The number of likely N-dealkylation sites (N-methyl/N-ethyl adjacent to an activating group) is 1. The summed E-state index contributed by atoms with van der Waals surface area (Å²) in [6, 6.07) is 12.5. The van der Waals surface area contributed by atoms with Crippen molar-refractivity contribution in [2.45, 2.75) is 83.5 Å². The average Bonchev–Trinajstić information content (AvgIpc) is 3.20. The highest BCUT2D eigenvalue weighted by molar-refractivity contribution is 6.25. The Balaban J connectivity index is 1.21. The lowest BCUT2D eigenvalue weighted by Crippen LogP contribution is -2.50. The van der Waals surface area contributed by atoms with E-state index >= 15 is 0 Å². The molecular formula is C33H42N4O4. The van der Waals surface area contributed by atoms with Crippen LogP contribution < -0.4 is 16.0 Å². The van der Waals surface area contributed by atoms with Crippen LogP contribution in [0.15, 0.2) is 42.5 Å². The summed E-state index contributed by atoms with van der Waals surface area (Å²) >= 11 is 0. The largest absolute Gasteiger partial charge is 0.380 e. The molecule has 218 valence electrons. The predicted molar refractivity (Wildman–Crippen MR) is 158 cm³/mol. The molecular weight excluding hydrogens is 516 g/mol. The summed E-state index contributed by atoms with van der Waals surface area (Å²) in [5.74, 6) is 1.05. The molecule has 3 atom stereocenters. The summed E-state index contributed by atoms with van der Waals surface area (Å²) in [4.78, 5) is 51.0. The maximum atomic E-state index is 13.4. The second-order valence-corrected chi connectivity index (χ2v) is 12.6. The number of anilines is 1. The van der Waals surface area contributed by atoms with Gasteiger partial charge in [-0.1, -0.05) is 37.3 Å². The Labute approximate surface area is 242 Å². The molecule has 2 bridgehead atoms. The highest BCUT2D eigenvalue weighted by Crippen LogP contribution is 2.46. The van der Waals surface area contributed by atoms with Gasteiger partial charge in [-0.3, -0.25) is 19.3 Å². The molecule has 5 rings (SSSR count). The standard InChI is InChI=1S/C33H42N4O4/c1-21-14-24-16-25(15-21)18-33(2,17-24)36-20-23-11-9-22(10-12-23)19-35-27-7-4-6-26-29(27)32(41)37(31(26)40)28(8-5-13-38)30(39)34-3/h4,6-7,9-13,21,24-25,28,35-36H,5,8,14-20H2,1-3H3,(H,34,39). The van der Waals surface area contributed by atoms with Crippen LogP contribution in [0.25, 0.3) is 0 Å². The fourth-order valence-corrected chi connectivity index (χ4v) is 7.52. The minimum Gasteiger partial charge on any atom is -0.380 e. The number of hydrogen-bond donors (Lipinski definition) is 3. The Kier molecular flexibility index (Phi) is 8.59. The molecule has 0 radical (unpaired) electrons. The fraction of sp³-hybridized carbons (Fsp3) is 0.515. The normalized spacial score (nSPS) is 25.9. The third kappa shape index (κ3) is 6.22. The number of carbonyl (C=O) groups excluding carboxylic acids is 4. The lowest BCUT2D eigenvalue weighted by atomic mass is 9.62. The molecule has 2 aromatic carbocycles. The first-order chi connectivity index (χ1) is 19.7. The number of rotatable bonds is 11. The summed E-state index contributed by atoms with van der Waals surface area (Å²) in [7, 11) is 1.45. The van der Waals surface area contributed by atoms with E-state index < -0.39 is 23.8 Å². The second-order valence-electron chi connectivity index (χ2n) is 12.6. The number of aldehydes is 1. The zero-order valence-electron chi connectivity index (χ0n) is 24.4. The van der Waals surface area contributed by atoms with Gasteiger partial charge in [-0.2, -0.15) is 0 Å². The maximum absolute atomic E-state index is 13.4. The van der Waals surface area contributed by atoms with Gasteiger partial charge < -0.3 is 20.7 Å². The summed E-state index contributed by atoms with van der Waals surface area (Å²) in [6.45, 7) is 6.12. The minimum absolute atomic E-state index is 0.0711. The van der Waals surface area contributed by atoms with Gasteiger partial charge >= 0.3 is 0 Å². The molecule has 8 heteroatoms. The molecule has 0 aromatic heterocycles. The maximum Gasteiger partial charge on any atom is 0.264 e. The van der Waals surface area contributed by atoms with Crippen LogP contribution in [-0.2, 0) is 22.7 Å². The van der Waals surface area contributed by atoms with Crippen molar-refractivity contribution in [2.24, 2.45) is 17.8 Å². The molecule has 0 saturated heterocycles. The van der Waals surface area contributed by atoms with Crippen LogP contribution in [0.5, 0.6) is 0 Å².